The maximum atomic E-state index is 2.29. The molecule has 0 nitrogen and oxygen atoms in total. The first-order valence-corrected chi connectivity index (χ1v) is 5.77. The molecular formula is C8H20S. The average molecular weight is 148 g/mol. The Balaban J connectivity index is 2.60. The van der Waals surface area contributed by atoms with Gasteiger partial charge in [-0.2, -0.15) is 0 Å². The molecule has 0 aromatic heterocycles. The molecule has 0 N–H and O–H groups in total. The zero-order valence-corrected chi connectivity index (χ0v) is 7.74. The Morgan fingerprint density at radius 3 is 2.22 bits per heavy atom. The maximum absolute atomic E-state index is 2.29. The molecule has 0 saturated heterocycles. The Bertz CT molecular complexity index is 37.8. The second-order valence-corrected chi connectivity index (χ2v) is 3.72. The molecule has 0 heterocycles. The molecule has 0 rings (SSSR count). The lowest BCUT2D eigenvalue weighted by molar-refractivity contribution is 0.659. The van der Waals surface area contributed by atoms with Gasteiger partial charge in [0.05, 0.1) is 0 Å². The van der Waals surface area contributed by atoms with Gasteiger partial charge in [0.15, 0.2) is 0 Å². The van der Waals surface area contributed by atoms with E-state index in [1.54, 1.807) is 0 Å². The fourth-order valence-electron chi connectivity index (χ4n) is 0.905. The molecule has 58 valence electrons. The summed E-state index contributed by atoms with van der Waals surface area (Å²) in [6.45, 7) is 2.27. The van der Waals surface area contributed by atoms with Crippen LogP contribution in [-0.4, -0.2) is 12.0 Å². The van der Waals surface area contributed by atoms with Crippen molar-refractivity contribution in [2.45, 2.75) is 39.0 Å². The minimum atomic E-state index is 1.17. The van der Waals surface area contributed by atoms with Gasteiger partial charge in [-0.1, -0.05) is 32.6 Å². The van der Waals surface area contributed by atoms with Crippen LogP contribution < -0.4 is 0 Å². The van der Waals surface area contributed by atoms with Crippen molar-refractivity contribution in [2.75, 3.05) is 12.0 Å². The Morgan fingerprint density at radius 2 is 1.67 bits per heavy atom. The summed E-state index contributed by atoms with van der Waals surface area (Å²) >= 11 is 1.17. The largest absolute Gasteiger partial charge is 0.269 e. The number of hydrogen-bond donors (Lipinski definition) is 0. The fourth-order valence-corrected chi connectivity index (χ4v) is 1.51. The zero-order chi connectivity index (χ0) is 6.95. The van der Waals surface area contributed by atoms with Crippen molar-refractivity contribution in [1.29, 1.82) is 0 Å². The van der Waals surface area contributed by atoms with Crippen LogP contribution in [0.4, 0.5) is 0 Å². The molecule has 0 amide bonds. The van der Waals surface area contributed by atoms with E-state index in [2.05, 4.69) is 13.2 Å². The van der Waals surface area contributed by atoms with E-state index in [0.29, 0.717) is 0 Å². The van der Waals surface area contributed by atoms with Gasteiger partial charge in [-0.05, 0) is 18.4 Å². The lowest BCUT2D eigenvalue weighted by Gasteiger charge is -1.97. The first-order chi connectivity index (χ1) is 4.41. The van der Waals surface area contributed by atoms with Crippen molar-refractivity contribution in [3.05, 3.63) is 0 Å². The summed E-state index contributed by atoms with van der Waals surface area (Å²) < 4.78 is 0. The zero-order valence-electron chi connectivity index (χ0n) is 6.74. The predicted molar refractivity (Wildman–Crippen MR) is 49.9 cm³/mol. The van der Waals surface area contributed by atoms with E-state index in [1.165, 1.54) is 49.6 Å². The van der Waals surface area contributed by atoms with Gasteiger partial charge in [0.25, 0.3) is 0 Å². The quantitative estimate of drug-likeness (QED) is 0.508. The summed E-state index contributed by atoms with van der Waals surface area (Å²) in [5.74, 6) is 1.46. The van der Waals surface area contributed by atoms with Gasteiger partial charge >= 0.3 is 0 Å². The van der Waals surface area contributed by atoms with E-state index in [4.69, 9.17) is 0 Å². The summed E-state index contributed by atoms with van der Waals surface area (Å²) in [6, 6.07) is 0. The summed E-state index contributed by atoms with van der Waals surface area (Å²) in [6.07, 6.45) is 9.49. The monoisotopic (exact) mass is 148 g/mol. The van der Waals surface area contributed by atoms with Gasteiger partial charge in [-0.15, -0.1) is 0 Å². The van der Waals surface area contributed by atoms with E-state index in [-0.39, 0.29) is 0 Å². The highest BCUT2D eigenvalue weighted by Crippen LogP contribution is 2.05. The Morgan fingerprint density at radius 1 is 1.00 bits per heavy atom. The highest BCUT2D eigenvalue weighted by molar-refractivity contribution is 7.98. The number of unbranched alkanes of at least 4 members (excludes halogenated alkanes) is 4. The predicted octanol–water partition coefficient (Wildman–Crippen LogP) is 2.78. The lowest BCUT2D eigenvalue weighted by Crippen LogP contribution is -1.79. The van der Waals surface area contributed by atoms with Gasteiger partial charge in [-0.25, -0.2) is 0 Å². The molecule has 0 atom stereocenters. The Hall–Kier alpha value is 0.350. The van der Waals surface area contributed by atoms with Gasteiger partial charge in [0, 0.05) is 0 Å². The number of rotatable bonds is 6. The maximum Gasteiger partial charge on any atom is -0.0280 e. The van der Waals surface area contributed by atoms with E-state index >= 15 is 0 Å². The van der Waals surface area contributed by atoms with Crippen LogP contribution in [0, 0.1) is 0 Å². The lowest BCUT2D eigenvalue weighted by atomic mass is 10.2. The first kappa shape index (κ1) is 9.35. The highest BCUT2D eigenvalue weighted by atomic mass is 32.2. The van der Waals surface area contributed by atoms with Gasteiger partial charge in [0.1, 0.15) is 0 Å². The van der Waals surface area contributed by atoms with Crippen molar-refractivity contribution in [2.24, 2.45) is 0 Å². The van der Waals surface area contributed by atoms with Crippen molar-refractivity contribution < 1.29 is 0 Å². The molecule has 0 aliphatic carbocycles. The minimum absolute atomic E-state index is 1.17. The van der Waals surface area contributed by atoms with Crippen molar-refractivity contribution in [1.82, 2.24) is 0 Å². The smallest absolute Gasteiger partial charge is 0.0280 e. The third-order valence-corrected chi connectivity index (χ3v) is 2.38. The highest BCUT2D eigenvalue weighted by Gasteiger charge is 1.85. The van der Waals surface area contributed by atoms with Gasteiger partial charge in [-0.3, -0.25) is 11.8 Å². The normalized spacial score (nSPS) is 12.2. The SMILES string of the molecule is CCCCCCC[SH2]C. The van der Waals surface area contributed by atoms with E-state index in [1.807, 2.05) is 0 Å². The molecule has 0 radical (unpaired) electrons. The summed E-state index contributed by atoms with van der Waals surface area (Å²) in [4.78, 5) is 0. The van der Waals surface area contributed by atoms with Crippen LogP contribution in [0.25, 0.3) is 0 Å². The van der Waals surface area contributed by atoms with Crippen LogP contribution >= 0.6 is 11.8 Å². The third kappa shape index (κ3) is 8.35. The molecule has 0 unspecified atom stereocenters. The van der Waals surface area contributed by atoms with E-state index < -0.39 is 0 Å². The van der Waals surface area contributed by atoms with Crippen LogP contribution in [0.1, 0.15) is 39.0 Å². The van der Waals surface area contributed by atoms with Crippen molar-refractivity contribution in [3.8, 4) is 0 Å². The van der Waals surface area contributed by atoms with Crippen molar-refractivity contribution >= 4 is 11.8 Å². The van der Waals surface area contributed by atoms with Crippen LogP contribution in [0.3, 0.4) is 0 Å². The van der Waals surface area contributed by atoms with Crippen LogP contribution in [-0.2, 0) is 0 Å². The molecule has 0 aromatic carbocycles. The Labute approximate surface area is 63.4 Å². The van der Waals surface area contributed by atoms with Crippen molar-refractivity contribution in [3.63, 3.8) is 0 Å². The number of hydrogen-bond acceptors (Lipinski definition) is 0. The topological polar surface area (TPSA) is 0 Å². The standard InChI is InChI=1S/C8H20S/c1-3-4-5-6-7-8-9-2/h3-9H2,1-2H3. The van der Waals surface area contributed by atoms with Gasteiger partial charge < -0.3 is 0 Å². The molecule has 0 spiro atoms. The summed E-state index contributed by atoms with van der Waals surface area (Å²) in [7, 11) is 0. The molecule has 0 bridgehead atoms. The average Bonchev–Trinajstić information content (AvgIpc) is 1.89. The van der Waals surface area contributed by atoms with Crippen LogP contribution in [0.15, 0.2) is 0 Å². The summed E-state index contributed by atoms with van der Waals surface area (Å²) in [5.41, 5.74) is 0. The first-order valence-electron chi connectivity index (χ1n) is 4.06. The molecule has 1 heteroatoms. The second kappa shape index (κ2) is 8.35. The Kier molecular flexibility index (Phi) is 8.67. The third-order valence-electron chi connectivity index (χ3n) is 1.53. The van der Waals surface area contributed by atoms with Gasteiger partial charge in [0.2, 0.25) is 0 Å². The molecule has 0 aliphatic heterocycles. The summed E-state index contributed by atoms with van der Waals surface area (Å²) in [5, 5.41) is 0. The fraction of sp³-hybridized carbons (Fsp3) is 1.00. The van der Waals surface area contributed by atoms with Crippen LogP contribution in [0.5, 0.6) is 0 Å². The molecule has 0 aliphatic rings. The second-order valence-electron chi connectivity index (χ2n) is 2.52. The molecule has 0 aromatic rings. The molecule has 0 fully saturated rings. The van der Waals surface area contributed by atoms with E-state index in [9.17, 15) is 0 Å². The van der Waals surface area contributed by atoms with Crippen LogP contribution in [0.2, 0.25) is 0 Å². The molecule has 0 saturated carbocycles. The van der Waals surface area contributed by atoms with E-state index in [0.717, 1.165) is 0 Å². The minimum Gasteiger partial charge on any atom is -0.269 e. The molecule has 9 heavy (non-hydrogen) atoms. The molecular weight excluding hydrogens is 128 g/mol.